The number of hydrogen-bond acceptors (Lipinski definition) is 5. The molecule has 1 aliphatic heterocycles. The summed E-state index contributed by atoms with van der Waals surface area (Å²) in [6.45, 7) is 0. The lowest BCUT2D eigenvalue weighted by molar-refractivity contribution is -0.134. The fraction of sp³-hybridized carbons (Fsp3) is 0.133. The van der Waals surface area contributed by atoms with Gasteiger partial charge in [0.2, 0.25) is 0 Å². The molecular formula is C15H12F2N2O4. The number of amides is 1. The van der Waals surface area contributed by atoms with E-state index in [0.29, 0.717) is 0 Å². The summed E-state index contributed by atoms with van der Waals surface area (Å²) >= 11 is 0. The Balaban J connectivity index is 2.35. The van der Waals surface area contributed by atoms with Crippen molar-refractivity contribution in [1.29, 1.82) is 0 Å². The van der Waals surface area contributed by atoms with E-state index in [-0.39, 0.29) is 17.1 Å². The number of benzene rings is 1. The van der Waals surface area contributed by atoms with E-state index < -0.39 is 29.3 Å². The molecule has 120 valence electrons. The van der Waals surface area contributed by atoms with Crippen LogP contribution in [-0.4, -0.2) is 41.9 Å². The second-order valence-electron chi connectivity index (χ2n) is 4.55. The van der Waals surface area contributed by atoms with Crippen LogP contribution in [0.4, 0.5) is 8.78 Å². The summed E-state index contributed by atoms with van der Waals surface area (Å²) < 4.78 is 31.0. The Bertz CT molecular complexity index is 746. The molecule has 1 aromatic rings. The number of phenols is 1. The molecular weight excluding hydrogens is 310 g/mol. The third-order valence-corrected chi connectivity index (χ3v) is 3.01. The number of aliphatic imine (C=N–C) groups is 1. The van der Waals surface area contributed by atoms with Crippen LogP contribution in [0.15, 0.2) is 35.0 Å². The monoisotopic (exact) mass is 322 g/mol. The molecule has 6 nitrogen and oxygen atoms in total. The van der Waals surface area contributed by atoms with Crippen molar-refractivity contribution in [2.75, 3.05) is 14.2 Å². The van der Waals surface area contributed by atoms with Crippen molar-refractivity contribution in [1.82, 2.24) is 4.90 Å². The van der Waals surface area contributed by atoms with Crippen LogP contribution in [0.2, 0.25) is 0 Å². The zero-order valence-corrected chi connectivity index (χ0v) is 12.2. The van der Waals surface area contributed by atoms with E-state index in [4.69, 9.17) is 5.11 Å². The van der Waals surface area contributed by atoms with Crippen LogP contribution in [0, 0.1) is 11.6 Å². The van der Waals surface area contributed by atoms with Crippen LogP contribution in [0.1, 0.15) is 5.56 Å². The van der Waals surface area contributed by atoms with Gasteiger partial charge in [-0.05, 0) is 29.8 Å². The van der Waals surface area contributed by atoms with Gasteiger partial charge in [0.25, 0.3) is 5.91 Å². The number of esters is 1. The topological polar surface area (TPSA) is 79.2 Å². The van der Waals surface area contributed by atoms with Gasteiger partial charge in [-0.2, -0.15) is 0 Å². The third kappa shape index (κ3) is 3.42. The highest BCUT2D eigenvalue weighted by Gasteiger charge is 2.25. The van der Waals surface area contributed by atoms with Crippen LogP contribution in [0.3, 0.4) is 0 Å². The van der Waals surface area contributed by atoms with Crippen LogP contribution >= 0.6 is 0 Å². The minimum absolute atomic E-state index is 0.0245. The number of hydrogen-bond donors (Lipinski definition) is 1. The van der Waals surface area contributed by atoms with Gasteiger partial charge in [0.05, 0.1) is 7.11 Å². The third-order valence-electron chi connectivity index (χ3n) is 3.01. The Labute approximate surface area is 130 Å². The standard InChI is InChI=1S/C15H12F2N2O4/c1-19-12(3-4-13(20)23-2)18-11(15(19)22)7-8-5-9(16)14(21)10(17)6-8/h3-7,21H,1-2H3/b4-3+,11-7-. The highest BCUT2D eigenvalue weighted by molar-refractivity contribution is 6.18. The molecule has 1 amide bonds. The summed E-state index contributed by atoms with van der Waals surface area (Å²) in [5, 5.41) is 9.05. The fourth-order valence-electron chi connectivity index (χ4n) is 1.80. The molecule has 1 N–H and O–H groups in total. The van der Waals surface area contributed by atoms with Crippen LogP contribution in [0.25, 0.3) is 6.08 Å². The summed E-state index contributed by atoms with van der Waals surface area (Å²) in [7, 11) is 2.64. The molecule has 2 rings (SSSR count). The molecule has 0 saturated heterocycles. The highest BCUT2D eigenvalue weighted by atomic mass is 19.1. The summed E-state index contributed by atoms with van der Waals surface area (Å²) in [4.78, 5) is 28.2. The van der Waals surface area contributed by atoms with E-state index in [1.807, 2.05) is 0 Å². The smallest absolute Gasteiger partial charge is 0.330 e. The van der Waals surface area contributed by atoms with Crippen molar-refractivity contribution < 1.29 is 28.2 Å². The number of amidine groups is 1. The number of carbonyl (C=O) groups excluding carboxylic acids is 2. The van der Waals surface area contributed by atoms with Gasteiger partial charge in [0, 0.05) is 13.1 Å². The lowest BCUT2D eigenvalue weighted by atomic mass is 10.1. The first-order valence-corrected chi connectivity index (χ1v) is 6.36. The van der Waals surface area contributed by atoms with Crippen LogP contribution in [-0.2, 0) is 14.3 Å². The predicted octanol–water partition coefficient (Wildman–Crippen LogP) is 1.61. The molecule has 0 spiro atoms. The van der Waals surface area contributed by atoms with Crippen LogP contribution < -0.4 is 0 Å². The van der Waals surface area contributed by atoms with Gasteiger partial charge < -0.3 is 9.84 Å². The average Bonchev–Trinajstić information content (AvgIpc) is 2.78. The number of aromatic hydroxyl groups is 1. The summed E-state index contributed by atoms with van der Waals surface area (Å²) in [5.74, 6) is -4.34. The Kier molecular flexibility index (Phi) is 4.54. The van der Waals surface area contributed by atoms with Gasteiger partial charge in [-0.1, -0.05) is 0 Å². The van der Waals surface area contributed by atoms with Crippen molar-refractivity contribution in [2.45, 2.75) is 0 Å². The molecule has 0 bridgehead atoms. The molecule has 23 heavy (non-hydrogen) atoms. The van der Waals surface area contributed by atoms with E-state index in [1.54, 1.807) is 0 Å². The second kappa shape index (κ2) is 6.39. The van der Waals surface area contributed by atoms with Gasteiger partial charge in [0.1, 0.15) is 11.5 Å². The molecule has 8 heteroatoms. The first-order chi connectivity index (χ1) is 10.8. The Morgan fingerprint density at radius 2 is 1.96 bits per heavy atom. The number of rotatable bonds is 3. The van der Waals surface area contributed by atoms with Crippen molar-refractivity contribution in [3.8, 4) is 5.75 Å². The number of halogens is 2. The van der Waals surface area contributed by atoms with E-state index in [2.05, 4.69) is 9.73 Å². The lowest BCUT2D eigenvalue weighted by Gasteiger charge is -2.07. The van der Waals surface area contributed by atoms with Gasteiger partial charge >= 0.3 is 5.97 Å². The zero-order chi connectivity index (χ0) is 17.1. The maximum absolute atomic E-state index is 13.3. The second-order valence-corrected chi connectivity index (χ2v) is 4.55. The molecule has 0 unspecified atom stereocenters. The molecule has 0 saturated carbocycles. The zero-order valence-electron chi connectivity index (χ0n) is 12.2. The number of phenolic OH excluding ortho intramolecular Hbond substituents is 1. The molecule has 0 aliphatic carbocycles. The highest BCUT2D eigenvalue weighted by Crippen LogP contribution is 2.24. The maximum Gasteiger partial charge on any atom is 0.330 e. The van der Waals surface area contributed by atoms with Gasteiger partial charge in [-0.3, -0.25) is 9.69 Å². The number of nitrogens with zero attached hydrogens (tertiary/aromatic N) is 2. The van der Waals surface area contributed by atoms with Crippen molar-refractivity contribution in [2.24, 2.45) is 4.99 Å². The maximum atomic E-state index is 13.3. The van der Waals surface area contributed by atoms with Crippen molar-refractivity contribution in [3.05, 3.63) is 47.2 Å². The van der Waals surface area contributed by atoms with Crippen molar-refractivity contribution in [3.63, 3.8) is 0 Å². The van der Waals surface area contributed by atoms with E-state index in [1.165, 1.54) is 31.2 Å². The Morgan fingerprint density at radius 1 is 1.35 bits per heavy atom. The normalized spacial score (nSPS) is 16.3. The van der Waals surface area contributed by atoms with Gasteiger partial charge in [-0.25, -0.2) is 18.6 Å². The number of carbonyl (C=O) groups is 2. The minimum atomic E-state index is -1.15. The molecule has 0 atom stereocenters. The summed E-state index contributed by atoms with van der Waals surface area (Å²) in [6.07, 6.45) is 3.54. The van der Waals surface area contributed by atoms with E-state index in [0.717, 1.165) is 18.2 Å². The molecule has 1 aliphatic rings. The van der Waals surface area contributed by atoms with E-state index >= 15 is 0 Å². The van der Waals surface area contributed by atoms with Gasteiger partial charge in [-0.15, -0.1) is 0 Å². The van der Waals surface area contributed by atoms with Crippen molar-refractivity contribution >= 4 is 23.8 Å². The van der Waals surface area contributed by atoms with Crippen LogP contribution in [0.5, 0.6) is 5.75 Å². The first-order valence-electron chi connectivity index (χ1n) is 6.36. The molecule has 0 fully saturated rings. The lowest BCUT2D eigenvalue weighted by Crippen LogP contribution is -2.26. The van der Waals surface area contributed by atoms with E-state index in [9.17, 15) is 18.4 Å². The first kappa shape index (κ1) is 16.3. The summed E-state index contributed by atoms with van der Waals surface area (Å²) in [5.41, 5.74) is -0.0435. The number of likely N-dealkylation sites (N-methyl/N-ethyl adjacent to an activating group) is 1. The Hall–Kier alpha value is -3.03. The molecule has 1 aromatic carbocycles. The minimum Gasteiger partial charge on any atom is -0.503 e. The SMILES string of the molecule is COC(=O)/C=C/C1=NC(=C\c2cc(F)c(O)c(F)c2)/C(=O)N1C. The fourth-order valence-corrected chi connectivity index (χ4v) is 1.80. The largest absolute Gasteiger partial charge is 0.503 e. The number of methoxy groups -OCH3 is 1. The Morgan fingerprint density at radius 3 is 2.52 bits per heavy atom. The van der Waals surface area contributed by atoms with Gasteiger partial charge in [0.15, 0.2) is 17.4 Å². The quantitative estimate of drug-likeness (QED) is 0.677. The summed E-state index contributed by atoms with van der Waals surface area (Å²) in [6, 6.07) is 1.74. The molecule has 0 aromatic heterocycles. The average molecular weight is 322 g/mol. The number of ether oxygens (including phenoxy) is 1. The molecule has 0 radical (unpaired) electrons. The molecule has 1 heterocycles. The predicted molar refractivity (Wildman–Crippen MR) is 77.4 cm³/mol.